The molecule has 17 heavy (non-hydrogen) atoms. The number of oxazole rings is 1. The predicted molar refractivity (Wildman–Crippen MR) is 66.5 cm³/mol. The minimum atomic E-state index is -0.472. The number of aromatic amines is 2. The number of rotatable bonds is 1. The van der Waals surface area contributed by atoms with Crippen molar-refractivity contribution in [1.82, 2.24) is 15.2 Å². The number of nitrogens with zero attached hydrogens (tertiary/aromatic N) is 1. The molecule has 1 aromatic carbocycles. The Bertz CT molecular complexity index is 755. The number of hydrogen-bond acceptors (Lipinski definition) is 4. The summed E-state index contributed by atoms with van der Waals surface area (Å²) < 4.78 is 5.62. The van der Waals surface area contributed by atoms with Gasteiger partial charge in [-0.2, -0.15) is 5.10 Å². The fraction of sp³-hybridized carbons (Fsp3) is 0. The first kappa shape index (κ1) is 10.2. The van der Waals surface area contributed by atoms with Crippen LogP contribution in [0.15, 0.2) is 31.9 Å². The Hall–Kier alpha value is -2.02. The molecule has 2 aromatic heterocycles. The lowest BCUT2D eigenvalue weighted by Crippen LogP contribution is -1.92. The van der Waals surface area contributed by atoms with E-state index in [-0.39, 0.29) is 0 Å². The number of H-pyrrole nitrogens is 2. The number of aromatic nitrogens is 3. The van der Waals surface area contributed by atoms with Gasteiger partial charge in [0.15, 0.2) is 11.4 Å². The average molecular weight is 295 g/mol. The monoisotopic (exact) mass is 294 g/mol. The zero-order valence-electron chi connectivity index (χ0n) is 8.45. The Labute approximate surface area is 103 Å². The lowest BCUT2D eigenvalue weighted by atomic mass is 10.1. The maximum atomic E-state index is 11.0. The van der Waals surface area contributed by atoms with Gasteiger partial charge in [0.25, 0.3) is 0 Å². The Kier molecular flexibility index (Phi) is 2.08. The van der Waals surface area contributed by atoms with Crippen molar-refractivity contribution >= 4 is 32.8 Å². The molecule has 0 unspecified atom stereocenters. The first-order valence-electron chi connectivity index (χ1n) is 4.78. The van der Waals surface area contributed by atoms with Crippen LogP contribution in [0.5, 0.6) is 0 Å². The normalized spacial score (nSPS) is 11.1. The van der Waals surface area contributed by atoms with E-state index in [9.17, 15) is 4.79 Å². The second kappa shape index (κ2) is 3.49. The van der Waals surface area contributed by atoms with Gasteiger partial charge in [0.2, 0.25) is 0 Å². The summed E-state index contributed by atoms with van der Waals surface area (Å²) >= 11 is 3.34. The zero-order valence-corrected chi connectivity index (χ0v) is 10.0. The van der Waals surface area contributed by atoms with Gasteiger partial charge in [0.1, 0.15) is 0 Å². The molecule has 0 atom stereocenters. The van der Waals surface area contributed by atoms with Gasteiger partial charge < -0.3 is 10.2 Å². The molecule has 0 radical (unpaired) electrons. The summed E-state index contributed by atoms with van der Waals surface area (Å²) in [6, 6.07) is 5.32. The molecule has 0 amide bonds. The summed E-state index contributed by atoms with van der Waals surface area (Å²) in [4.78, 5) is 13.6. The number of nitrogens with one attached hydrogen (secondary N) is 2. The van der Waals surface area contributed by atoms with E-state index in [2.05, 4.69) is 31.1 Å². The van der Waals surface area contributed by atoms with Gasteiger partial charge >= 0.3 is 5.76 Å². The number of benzene rings is 1. The Morgan fingerprint density at radius 3 is 2.94 bits per heavy atom. The van der Waals surface area contributed by atoms with Crippen molar-refractivity contribution in [2.24, 2.45) is 0 Å². The number of fused-ring (bicyclic) bond motifs is 1. The Morgan fingerprint density at radius 2 is 2.24 bits per heavy atom. The second-order valence-electron chi connectivity index (χ2n) is 3.52. The number of anilines is 1. The molecular weight excluding hydrogens is 288 g/mol. The minimum Gasteiger partial charge on any atom is -0.408 e. The lowest BCUT2D eigenvalue weighted by molar-refractivity contribution is 0.555. The van der Waals surface area contributed by atoms with Crippen LogP contribution in [0.4, 0.5) is 5.82 Å². The Morgan fingerprint density at radius 1 is 1.41 bits per heavy atom. The van der Waals surface area contributed by atoms with Crippen LogP contribution in [-0.2, 0) is 0 Å². The summed E-state index contributed by atoms with van der Waals surface area (Å²) in [6.07, 6.45) is 0. The van der Waals surface area contributed by atoms with E-state index in [1.165, 1.54) is 0 Å². The Balaban J connectivity index is 2.24. The highest BCUT2D eigenvalue weighted by Gasteiger charge is 2.11. The van der Waals surface area contributed by atoms with Crippen LogP contribution >= 0.6 is 15.9 Å². The number of nitrogen functional groups attached to an aromatic ring is 1. The van der Waals surface area contributed by atoms with Crippen LogP contribution in [0.3, 0.4) is 0 Å². The number of hydrogen-bond donors (Lipinski definition) is 3. The first-order chi connectivity index (χ1) is 8.15. The molecule has 86 valence electrons. The van der Waals surface area contributed by atoms with Crippen LogP contribution in [0.25, 0.3) is 22.4 Å². The van der Waals surface area contributed by atoms with Gasteiger partial charge in [0.05, 0.1) is 15.7 Å². The van der Waals surface area contributed by atoms with Crippen molar-refractivity contribution in [3.8, 4) is 11.3 Å². The van der Waals surface area contributed by atoms with E-state index in [0.717, 1.165) is 11.3 Å². The topological polar surface area (TPSA) is 101 Å². The SMILES string of the molecule is Nc1n[nH]c(-c2ccc3oc(=O)[nH]c3c2)c1Br. The van der Waals surface area contributed by atoms with Crippen molar-refractivity contribution in [1.29, 1.82) is 0 Å². The fourth-order valence-corrected chi connectivity index (χ4v) is 2.05. The van der Waals surface area contributed by atoms with Crippen molar-refractivity contribution in [2.45, 2.75) is 0 Å². The summed E-state index contributed by atoms with van der Waals surface area (Å²) in [5.41, 5.74) is 8.39. The van der Waals surface area contributed by atoms with Gasteiger partial charge in [-0.05, 0) is 34.1 Å². The van der Waals surface area contributed by atoms with Crippen molar-refractivity contribution in [2.75, 3.05) is 5.73 Å². The van der Waals surface area contributed by atoms with Crippen LogP contribution in [0.2, 0.25) is 0 Å². The predicted octanol–water partition coefficient (Wildman–Crippen LogP) is 1.86. The van der Waals surface area contributed by atoms with Crippen molar-refractivity contribution in [3.63, 3.8) is 0 Å². The molecule has 0 spiro atoms. The van der Waals surface area contributed by atoms with Crippen LogP contribution in [-0.4, -0.2) is 15.2 Å². The lowest BCUT2D eigenvalue weighted by Gasteiger charge is -1.98. The molecule has 6 nitrogen and oxygen atoms in total. The summed E-state index contributed by atoms with van der Waals surface area (Å²) in [6.45, 7) is 0. The molecular formula is C10H7BrN4O2. The molecule has 0 saturated carbocycles. The van der Waals surface area contributed by atoms with Gasteiger partial charge in [-0.1, -0.05) is 0 Å². The average Bonchev–Trinajstić information content (AvgIpc) is 2.81. The smallest absolute Gasteiger partial charge is 0.408 e. The van der Waals surface area contributed by atoms with E-state index in [1.807, 2.05) is 6.07 Å². The zero-order chi connectivity index (χ0) is 12.0. The largest absolute Gasteiger partial charge is 0.417 e. The molecule has 0 aliphatic carbocycles. The van der Waals surface area contributed by atoms with Crippen molar-refractivity contribution < 1.29 is 4.42 Å². The van der Waals surface area contributed by atoms with E-state index < -0.39 is 5.76 Å². The molecule has 0 bridgehead atoms. The van der Waals surface area contributed by atoms with Gasteiger partial charge in [-0.15, -0.1) is 0 Å². The maximum absolute atomic E-state index is 11.0. The molecule has 0 fully saturated rings. The molecule has 4 N–H and O–H groups in total. The van der Waals surface area contributed by atoms with E-state index in [0.29, 0.717) is 21.4 Å². The third-order valence-electron chi connectivity index (χ3n) is 2.44. The second-order valence-corrected chi connectivity index (χ2v) is 4.32. The fourth-order valence-electron chi connectivity index (χ4n) is 1.64. The highest BCUT2D eigenvalue weighted by Crippen LogP contribution is 2.31. The van der Waals surface area contributed by atoms with E-state index in [4.69, 9.17) is 10.2 Å². The third kappa shape index (κ3) is 1.55. The summed E-state index contributed by atoms with van der Waals surface area (Å²) in [5, 5.41) is 6.71. The highest BCUT2D eigenvalue weighted by atomic mass is 79.9. The highest BCUT2D eigenvalue weighted by molar-refractivity contribution is 9.10. The summed E-state index contributed by atoms with van der Waals surface area (Å²) in [5.74, 6) is -0.0823. The molecule has 7 heteroatoms. The molecule has 0 aliphatic heterocycles. The minimum absolute atomic E-state index is 0.390. The van der Waals surface area contributed by atoms with Crippen molar-refractivity contribution in [3.05, 3.63) is 33.2 Å². The van der Waals surface area contributed by atoms with Gasteiger partial charge in [0, 0.05) is 5.56 Å². The standard InChI is InChI=1S/C10H7BrN4O2/c11-7-8(14-15-9(7)12)4-1-2-6-5(3-4)13-10(16)17-6/h1-3H,(H,13,16)(H3,12,14,15). The molecule has 0 saturated heterocycles. The molecule has 3 aromatic rings. The van der Waals surface area contributed by atoms with E-state index >= 15 is 0 Å². The first-order valence-corrected chi connectivity index (χ1v) is 5.57. The van der Waals surface area contributed by atoms with Crippen LogP contribution < -0.4 is 11.5 Å². The number of halogens is 1. The molecule has 2 heterocycles. The molecule has 0 aliphatic rings. The van der Waals surface area contributed by atoms with Gasteiger partial charge in [-0.3, -0.25) is 10.1 Å². The third-order valence-corrected chi connectivity index (χ3v) is 3.24. The molecule has 3 rings (SSSR count). The number of nitrogens with two attached hydrogens (primary N) is 1. The van der Waals surface area contributed by atoms with E-state index in [1.54, 1.807) is 12.1 Å². The van der Waals surface area contributed by atoms with Crippen LogP contribution in [0.1, 0.15) is 0 Å². The van der Waals surface area contributed by atoms with Crippen LogP contribution in [0, 0.1) is 0 Å². The summed E-state index contributed by atoms with van der Waals surface area (Å²) in [7, 11) is 0. The van der Waals surface area contributed by atoms with Gasteiger partial charge in [-0.25, -0.2) is 4.79 Å². The quantitative estimate of drug-likeness (QED) is 0.637. The maximum Gasteiger partial charge on any atom is 0.417 e.